The van der Waals surface area contributed by atoms with Gasteiger partial charge in [0.15, 0.2) is 5.78 Å². The minimum Gasteiger partial charge on any atom is -0.367 e. The molecule has 0 bridgehead atoms. The quantitative estimate of drug-likeness (QED) is 0.778. The maximum absolute atomic E-state index is 12.5. The van der Waals surface area contributed by atoms with Gasteiger partial charge in [-0.15, -0.1) is 0 Å². The third-order valence-corrected chi connectivity index (χ3v) is 4.27. The number of morpholine rings is 1. The van der Waals surface area contributed by atoms with Gasteiger partial charge in [-0.2, -0.15) is 0 Å². The van der Waals surface area contributed by atoms with E-state index in [1.54, 1.807) is 0 Å². The van der Waals surface area contributed by atoms with E-state index < -0.39 is 0 Å². The molecule has 3 heteroatoms. The Bertz CT molecular complexity index is 484. The third kappa shape index (κ3) is 2.58. The number of carbonyl (C=O) groups is 1. The lowest BCUT2D eigenvalue weighted by Gasteiger charge is -2.31. The molecule has 3 nitrogen and oxygen atoms in total. The summed E-state index contributed by atoms with van der Waals surface area (Å²) in [7, 11) is 0. The highest BCUT2D eigenvalue weighted by molar-refractivity contribution is 6.00. The fourth-order valence-electron chi connectivity index (χ4n) is 3.06. The summed E-state index contributed by atoms with van der Waals surface area (Å²) < 4.78 is 5.65. The topological polar surface area (TPSA) is 29.5 Å². The Labute approximate surface area is 114 Å². The van der Waals surface area contributed by atoms with Gasteiger partial charge in [-0.25, -0.2) is 0 Å². The lowest BCUT2D eigenvalue weighted by Crippen LogP contribution is -2.45. The molecule has 0 saturated carbocycles. The molecule has 1 heterocycles. The molecule has 0 amide bonds. The van der Waals surface area contributed by atoms with E-state index in [1.807, 2.05) is 6.07 Å². The van der Waals surface area contributed by atoms with Gasteiger partial charge in [0.25, 0.3) is 0 Å². The molecular weight excluding hydrogens is 238 g/mol. The number of ether oxygens (including phenoxy) is 1. The molecule has 0 N–H and O–H groups in total. The lowest BCUT2D eigenvalue weighted by molar-refractivity contribution is -0.0148. The van der Waals surface area contributed by atoms with Gasteiger partial charge in [-0.05, 0) is 43.0 Å². The van der Waals surface area contributed by atoms with Crippen LogP contribution in [0.25, 0.3) is 0 Å². The normalized spacial score (nSPS) is 23.3. The first-order valence-electron chi connectivity index (χ1n) is 7.28. The van der Waals surface area contributed by atoms with Crippen molar-refractivity contribution in [3.63, 3.8) is 0 Å². The number of likely N-dealkylation sites (N-methyl/N-ethyl adjacent to an activating group) is 1. The first-order valence-corrected chi connectivity index (χ1v) is 7.28. The van der Waals surface area contributed by atoms with Crippen LogP contribution < -0.4 is 0 Å². The van der Waals surface area contributed by atoms with E-state index in [1.165, 1.54) is 17.5 Å². The van der Waals surface area contributed by atoms with Crippen LogP contribution in [0.1, 0.15) is 34.8 Å². The molecule has 0 aromatic heterocycles. The molecule has 1 aliphatic carbocycles. The summed E-state index contributed by atoms with van der Waals surface area (Å²) in [5.41, 5.74) is 3.59. The maximum Gasteiger partial charge on any atom is 0.192 e. The second-order valence-corrected chi connectivity index (χ2v) is 5.45. The monoisotopic (exact) mass is 259 g/mol. The summed E-state index contributed by atoms with van der Waals surface area (Å²) in [6.45, 7) is 5.44. The van der Waals surface area contributed by atoms with E-state index in [9.17, 15) is 4.79 Å². The number of Topliss-reactive ketones (excluding diaryl/α,β-unsaturated/α-hetero) is 1. The molecule has 0 radical (unpaired) electrons. The van der Waals surface area contributed by atoms with Crippen molar-refractivity contribution in [2.24, 2.45) is 0 Å². The average Bonchev–Trinajstić information content (AvgIpc) is 2.94. The molecular formula is C16H21NO2. The standard InChI is InChI=1S/C16H21NO2/c1-2-17-8-9-19-15(11-17)16(18)14-7-6-12-4-3-5-13(12)10-14/h6-7,10,15H,2-5,8-9,11H2,1H3. The first-order chi connectivity index (χ1) is 9.28. The van der Waals surface area contributed by atoms with Crippen LogP contribution in [0.2, 0.25) is 0 Å². The van der Waals surface area contributed by atoms with Crippen molar-refractivity contribution >= 4 is 5.78 Å². The number of ketones is 1. The molecule has 1 saturated heterocycles. The largest absolute Gasteiger partial charge is 0.367 e. The van der Waals surface area contributed by atoms with Crippen molar-refractivity contribution < 1.29 is 9.53 Å². The van der Waals surface area contributed by atoms with Crippen LogP contribution >= 0.6 is 0 Å². The number of hydrogen-bond acceptors (Lipinski definition) is 3. The Kier molecular flexibility index (Phi) is 3.67. The minimum absolute atomic E-state index is 0.146. The second-order valence-electron chi connectivity index (χ2n) is 5.45. The van der Waals surface area contributed by atoms with Crippen molar-refractivity contribution in [2.45, 2.75) is 32.3 Å². The molecule has 1 aromatic carbocycles. The van der Waals surface area contributed by atoms with Crippen LogP contribution in [0.5, 0.6) is 0 Å². The molecule has 0 spiro atoms. The van der Waals surface area contributed by atoms with E-state index in [0.29, 0.717) is 6.61 Å². The highest BCUT2D eigenvalue weighted by Crippen LogP contribution is 2.24. The van der Waals surface area contributed by atoms with Crippen LogP contribution in [0.4, 0.5) is 0 Å². The Morgan fingerprint density at radius 2 is 2.21 bits per heavy atom. The maximum atomic E-state index is 12.5. The van der Waals surface area contributed by atoms with Crippen molar-refractivity contribution in [3.8, 4) is 0 Å². The summed E-state index contributed by atoms with van der Waals surface area (Å²) in [4.78, 5) is 14.8. The number of rotatable bonds is 3. The Balaban J connectivity index is 1.76. The molecule has 102 valence electrons. The second kappa shape index (κ2) is 5.43. The first kappa shape index (κ1) is 12.8. The summed E-state index contributed by atoms with van der Waals surface area (Å²) in [6, 6.07) is 6.18. The molecule has 1 atom stereocenters. The average molecular weight is 259 g/mol. The third-order valence-electron chi connectivity index (χ3n) is 4.27. The van der Waals surface area contributed by atoms with Crippen LogP contribution in [-0.2, 0) is 17.6 Å². The zero-order valence-corrected chi connectivity index (χ0v) is 11.5. The van der Waals surface area contributed by atoms with Gasteiger partial charge in [-0.1, -0.05) is 19.1 Å². The zero-order chi connectivity index (χ0) is 13.2. The summed E-state index contributed by atoms with van der Waals surface area (Å²) in [6.07, 6.45) is 3.21. The van der Waals surface area contributed by atoms with Gasteiger partial charge < -0.3 is 4.74 Å². The predicted octanol–water partition coefficient (Wildman–Crippen LogP) is 2.08. The van der Waals surface area contributed by atoms with Gasteiger partial charge in [-0.3, -0.25) is 9.69 Å². The van der Waals surface area contributed by atoms with Crippen molar-refractivity contribution in [2.75, 3.05) is 26.2 Å². The van der Waals surface area contributed by atoms with Crippen molar-refractivity contribution in [3.05, 3.63) is 34.9 Å². The van der Waals surface area contributed by atoms with Crippen LogP contribution in [0, 0.1) is 0 Å². The van der Waals surface area contributed by atoms with E-state index >= 15 is 0 Å². The molecule has 1 aliphatic heterocycles. The summed E-state index contributed by atoms with van der Waals surface area (Å²) >= 11 is 0. The highest BCUT2D eigenvalue weighted by atomic mass is 16.5. The molecule has 1 unspecified atom stereocenters. The van der Waals surface area contributed by atoms with E-state index in [-0.39, 0.29) is 11.9 Å². The Morgan fingerprint density at radius 3 is 3.05 bits per heavy atom. The van der Waals surface area contributed by atoms with Gasteiger partial charge in [0.05, 0.1) is 6.61 Å². The van der Waals surface area contributed by atoms with Gasteiger partial charge >= 0.3 is 0 Å². The van der Waals surface area contributed by atoms with Crippen LogP contribution in [0.3, 0.4) is 0 Å². The fraction of sp³-hybridized carbons (Fsp3) is 0.562. The van der Waals surface area contributed by atoms with Gasteiger partial charge in [0.1, 0.15) is 6.10 Å². The Hall–Kier alpha value is -1.19. The van der Waals surface area contributed by atoms with Crippen LogP contribution in [0.15, 0.2) is 18.2 Å². The van der Waals surface area contributed by atoms with Crippen molar-refractivity contribution in [1.82, 2.24) is 4.90 Å². The molecule has 1 fully saturated rings. The summed E-state index contributed by atoms with van der Waals surface area (Å²) in [5.74, 6) is 0.146. The van der Waals surface area contributed by atoms with E-state index in [0.717, 1.165) is 38.0 Å². The number of nitrogens with zero attached hydrogens (tertiary/aromatic N) is 1. The number of benzene rings is 1. The molecule has 3 rings (SSSR count). The van der Waals surface area contributed by atoms with Gasteiger partial charge in [0, 0.05) is 18.7 Å². The lowest BCUT2D eigenvalue weighted by atomic mass is 10.00. The smallest absolute Gasteiger partial charge is 0.192 e. The number of hydrogen-bond donors (Lipinski definition) is 0. The number of aryl methyl sites for hydroxylation is 2. The molecule has 1 aromatic rings. The zero-order valence-electron chi connectivity index (χ0n) is 11.5. The molecule has 19 heavy (non-hydrogen) atoms. The van der Waals surface area contributed by atoms with E-state index in [4.69, 9.17) is 4.74 Å². The molecule has 2 aliphatic rings. The predicted molar refractivity (Wildman–Crippen MR) is 74.7 cm³/mol. The van der Waals surface area contributed by atoms with Crippen molar-refractivity contribution in [1.29, 1.82) is 0 Å². The van der Waals surface area contributed by atoms with Crippen LogP contribution in [-0.4, -0.2) is 43.0 Å². The number of carbonyl (C=O) groups excluding carboxylic acids is 1. The minimum atomic E-state index is -0.284. The highest BCUT2D eigenvalue weighted by Gasteiger charge is 2.27. The fourth-order valence-corrected chi connectivity index (χ4v) is 3.06. The van der Waals surface area contributed by atoms with E-state index in [2.05, 4.69) is 24.0 Å². The Morgan fingerprint density at radius 1 is 1.37 bits per heavy atom. The van der Waals surface area contributed by atoms with Gasteiger partial charge in [0.2, 0.25) is 0 Å². The summed E-state index contributed by atoms with van der Waals surface area (Å²) in [5, 5.41) is 0. The number of fused-ring (bicyclic) bond motifs is 1. The SMILES string of the molecule is CCN1CCOC(C(=O)c2ccc3c(c2)CCC3)C1.